The minimum absolute atomic E-state index is 0.00610. The van der Waals surface area contributed by atoms with Crippen molar-refractivity contribution in [1.82, 2.24) is 15.6 Å². The lowest BCUT2D eigenvalue weighted by molar-refractivity contribution is -0.133. The Bertz CT molecular complexity index is 1210. The summed E-state index contributed by atoms with van der Waals surface area (Å²) in [6.07, 6.45) is 8.14. The number of carbonyl (C=O) groups is 3. The highest BCUT2D eigenvalue weighted by Crippen LogP contribution is 2.30. The van der Waals surface area contributed by atoms with Gasteiger partial charge in [0, 0.05) is 30.8 Å². The molecule has 1 aliphatic heterocycles. The summed E-state index contributed by atoms with van der Waals surface area (Å²) < 4.78 is 24.4. The van der Waals surface area contributed by atoms with Crippen molar-refractivity contribution in [3.8, 4) is 0 Å². The van der Waals surface area contributed by atoms with Crippen LogP contribution in [0.3, 0.4) is 0 Å². The Hall–Kier alpha value is -3.27. The zero-order valence-corrected chi connectivity index (χ0v) is 20.5. The molecule has 0 radical (unpaired) electrons. The minimum atomic E-state index is -3.46. The Morgan fingerprint density at radius 2 is 1.74 bits per heavy atom. The van der Waals surface area contributed by atoms with Gasteiger partial charge in [0.1, 0.15) is 5.54 Å². The zero-order valence-electron chi connectivity index (χ0n) is 19.7. The highest BCUT2D eigenvalue weighted by Gasteiger charge is 2.43. The lowest BCUT2D eigenvalue weighted by Gasteiger charge is -2.39. The summed E-state index contributed by atoms with van der Waals surface area (Å²) in [4.78, 5) is 45.2. The molecule has 1 aromatic carbocycles. The average molecular weight is 499 g/mol. The van der Waals surface area contributed by atoms with E-state index in [1.807, 2.05) is 0 Å². The van der Waals surface area contributed by atoms with E-state index < -0.39 is 21.4 Å². The van der Waals surface area contributed by atoms with Crippen molar-refractivity contribution in [3.05, 3.63) is 54.4 Å². The number of Topliss-reactive ketones (excluding diaryl/α,β-unsaturated/α-hetero) is 1. The number of ketones is 1. The molecule has 35 heavy (non-hydrogen) atoms. The first-order valence-electron chi connectivity index (χ1n) is 11.8. The number of hydrogen-bond donors (Lipinski definition) is 2. The normalized spacial score (nSPS) is 20.2. The highest BCUT2D eigenvalue weighted by molar-refractivity contribution is 7.90. The van der Waals surface area contributed by atoms with Gasteiger partial charge in [0.2, 0.25) is 5.91 Å². The first kappa shape index (κ1) is 24.8. The molecular formula is C25H30N4O5S. The molecule has 1 aliphatic carbocycles. The molecule has 0 bridgehead atoms. The summed E-state index contributed by atoms with van der Waals surface area (Å²) in [5.74, 6) is -0.884. The lowest BCUT2D eigenvalue weighted by Crippen LogP contribution is -2.63. The lowest BCUT2D eigenvalue weighted by atomic mass is 9.80. The number of amides is 2. The second kappa shape index (κ2) is 10.2. The second-order valence-electron chi connectivity index (χ2n) is 9.28. The van der Waals surface area contributed by atoms with Crippen LogP contribution < -0.4 is 15.5 Å². The van der Waals surface area contributed by atoms with Gasteiger partial charge in [-0.3, -0.25) is 19.4 Å². The molecule has 2 aliphatic rings. The highest BCUT2D eigenvalue weighted by atomic mass is 32.2. The third-order valence-corrected chi connectivity index (χ3v) is 7.92. The number of aromatic nitrogens is 1. The minimum Gasteiger partial charge on any atom is -0.363 e. The molecule has 2 fully saturated rings. The molecular weight excluding hydrogens is 468 g/mol. The summed E-state index contributed by atoms with van der Waals surface area (Å²) in [7, 11) is -3.46. The summed E-state index contributed by atoms with van der Waals surface area (Å²) >= 11 is 0. The Morgan fingerprint density at radius 3 is 2.40 bits per heavy atom. The van der Waals surface area contributed by atoms with Gasteiger partial charge in [-0.15, -0.1) is 0 Å². The number of para-hydroxylation sites is 1. The molecule has 4 rings (SSSR count). The van der Waals surface area contributed by atoms with Gasteiger partial charge in [0.15, 0.2) is 15.6 Å². The Balaban J connectivity index is 1.46. The predicted molar refractivity (Wildman–Crippen MR) is 131 cm³/mol. The maximum atomic E-state index is 13.5. The van der Waals surface area contributed by atoms with Crippen LogP contribution in [0.5, 0.6) is 0 Å². The number of pyridine rings is 1. The number of nitrogens with one attached hydrogen (secondary N) is 2. The van der Waals surface area contributed by atoms with Gasteiger partial charge in [-0.25, -0.2) is 8.42 Å². The quantitative estimate of drug-likeness (QED) is 0.623. The summed E-state index contributed by atoms with van der Waals surface area (Å²) in [5, 5.41) is 5.84. The van der Waals surface area contributed by atoms with Crippen molar-refractivity contribution < 1.29 is 22.8 Å². The monoisotopic (exact) mass is 498 g/mol. The maximum Gasteiger partial charge on any atom is 0.252 e. The van der Waals surface area contributed by atoms with Gasteiger partial charge in [-0.05, 0) is 43.5 Å². The van der Waals surface area contributed by atoms with E-state index in [2.05, 4.69) is 15.6 Å². The number of rotatable bonds is 6. The van der Waals surface area contributed by atoms with E-state index in [0.29, 0.717) is 37.1 Å². The third-order valence-electron chi connectivity index (χ3n) is 6.77. The molecule has 186 valence electrons. The summed E-state index contributed by atoms with van der Waals surface area (Å²) in [6.45, 7) is 0.410. The van der Waals surface area contributed by atoms with Crippen molar-refractivity contribution in [2.45, 2.75) is 55.0 Å². The van der Waals surface area contributed by atoms with E-state index in [-0.39, 0.29) is 29.0 Å². The van der Waals surface area contributed by atoms with Gasteiger partial charge in [-0.1, -0.05) is 31.4 Å². The van der Waals surface area contributed by atoms with Crippen LogP contribution in [0.4, 0.5) is 5.69 Å². The molecule has 0 spiro atoms. The molecule has 1 saturated carbocycles. The number of carbonyl (C=O) groups excluding carboxylic acids is 3. The molecule has 1 atom stereocenters. The van der Waals surface area contributed by atoms with Crippen LogP contribution in [0, 0.1) is 0 Å². The van der Waals surface area contributed by atoms with Gasteiger partial charge < -0.3 is 15.5 Å². The van der Waals surface area contributed by atoms with Gasteiger partial charge in [-0.2, -0.15) is 0 Å². The van der Waals surface area contributed by atoms with E-state index in [9.17, 15) is 22.8 Å². The van der Waals surface area contributed by atoms with Gasteiger partial charge >= 0.3 is 0 Å². The van der Waals surface area contributed by atoms with Crippen LogP contribution in [0.15, 0.2) is 53.7 Å². The topological polar surface area (TPSA) is 126 Å². The number of nitrogens with zero attached hydrogens (tertiary/aromatic N) is 2. The van der Waals surface area contributed by atoms with Crippen molar-refractivity contribution in [2.75, 3.05) is 24.2 Å². The van der Waals surface area contributed by atoms with Crippen LogP contribution >= 0.6 is 0 Å². The molecule has 2 heterocycles. The van der Waals surface area contributed by atoms with Crippen molar-refractivity contribution in [1.29, 1.82) is 0 Å². The molecule has 2 amide bonds. The summed E-state index contributed by atoms with van der Waals surface area (Å²) in [6, 6.07) is 9.10. The molecule has 1 saturated heterocycles. The Labute approximate surface area is 205 Å². The molecule has 2 aromatic rings. The van der Waals surface area contributed by atoms with E-state index in [4.69, 9.17) is 0 Å². The summed E-state index contributed by atoms with van der Waals surface area (Å²) in [5.41, 5.74) is -0.160. The van der Waals surface area contributed by atoms with Crippen LogP contribution in [0.2, 0.25) is 0 Å². The fourth-order valence-electron chi connectivity index (χ4n) is 4.87. The second-order valence-corrected chi connectivity index (χ2v) is 11.3. The number of benzene rings is 1. The van der Waals surface area contributed by atoms with E-state index in [1.54, 1.807) is 35.2 Å². The average Bonchev–Trinajstić information content (AvgIpc) is 2.85. The van der Waals surface area contributed by atoms with Crippen LogP contribution in [0.1, 0.15) is 48.9 Å². The largest absolute Gasteiger partial charge is 0.363 e. The van der Waals surface area contributed by atoms with Gasteiger partial charge in [0.25, 0.3) is 5.91 Å². The first-order valence-corrected chi connectivity index (χ1v) is 13.7. The zero-order chi connectivity index (χ0) is 25.1. The Kier molecular flexibility index (Phi) is 7.20. The van der Waals surface area contributed by atoms with Gasteiger partial charge in [0.05, 0.1) is 23.2 Å². The van der Waals surface area contributed by atoms with E-state index >= 15 is 0 Å². The standard InChI is InChI=1S/C25H30N4O5S/c1-35(33,34)22-8-4-3-7-20(22)29-16-11-19(21(30)17-29)27-24(32)25(12-5-2-6-13-25)28-23(31)18-9-14-26-15-10-18/h3-4,7-10,14-15,19H,2,5-6,11-13,16-17H2,1H3,(H,27,32)(H,28,31). The third kappa shape index (κ3) is 5.53. The SMILES string of the molecule is CS(=O)(=O)c1ccccc1N1CCC(NC(=O)C2(NC(=O)c3ccncc3)CCCCC2)C(=O)C1. The van der Waals surface area contributed by atoms with E-state index in [1.165, 1.54) is 18.5 Å². The molecule has 1 unspecified atom stereocenters. The number of piperidine rings is 1. The first-order chi connectivity index (χ1) is 16.7. The number of sulfone groups is 1. The molecule has 9 nitrogen and oxygen atoms in total. The molecule has 1 aromatic heterocycles. The maximum absolute atomic E-state index is 13.5. The number of hydrogen-bond acceptors (Lipinski definition) is 7. The van der Waals surface area contributed by atoms with Crippen molar-refractivity contribution >= 4 is 33.1 Å². The van der Waals surface area contributed by atoms with Crippen LogP contribution in [-0.2, 0) is 19.4 Å². The Morgan fingerprint density at radius 1 is 1.06 bits per heavy atom. The molecule has 10 heteroatoms. The number of anilines is 1. The molecule has 2 N–H and O–H groups in total. The fourth-order valence-corrected chi connectivity index (χ4v) is 5.77. The van der Waals surface area contributed by atoms with Crippen LogP contribution in [-0.4, -0.2) is 61.9 Å². The fraction of sp³-hybridized carbons (Fsp3) is 0.440. The van der Waals surface area contributed by atoms with Crippen molar-refractivity contribution in [3.63, 3.8) is 0 Å². The predicted octanol–water partition coefficient (Wildman–Crippen LogP) is 1.88. The van der Waals surface area contributed by atoms with Crippen molar-refractivity contribution in [2.24, 2.45) is 0 Å². The van der Waals surface area contributed by atoms with E-state index in [0.717, 1.165) is 25.5 Å². The van der Waals surface area contributed by atoms with Crippen LogP contribution in [0.25, 0.3) is 0 Å². The smallest absolute Gasteiger partial charge is 0.252 e.